The number of ketones is 1. The molecule has 10 heavy (non-hydrogen) atoms. The summed E-state index contributed by atoms with van der Waals surface area (Å²) >= 11 is 0. The molecule has 56 valence electrons. The van der Waals surface area contributed by atoms with E-state index in [-0.39, 0.29) is 18.2 Å². The number of carbonyl (C=O) groups is 2. The van der Waals surface area contributed by atoms with Gasteiger partial charge in [-0.3, -0.25) is 14.9 Å². The molecule has 1 unspecified atom stereocenters. The molecular weight excluding hydrogens is 134 g/mol. The van der Waals surface area contributed by atoms with Crippen molar-refractivity contribution < 1.29 is 14.7 Å². The summed E-state index contributed by atoms with van der Waals surface area (Å²) < 4.78 is 0. The van der Waals surface area contributed by atoms with Crippen LogP contribution in [0.2, 0.25) is 0 Å². The van der Waals surface area contributed by atoms with Crippen LogP contribution in [-0.2, 0) is 9.59 Å². The standard InChI is InChI=1S/C6H9NO3/c1-3-5(8)2-4(7-3)6(9)10/h3-4,7H,2H2,1H3,(H,9,10)/t3?,4-/m0/s1. The molecule has 0 spiro atoms. The highest BCUT2D eigenvalue weighted by atomic mass is 16.4. The number of carboxylic acid groups (broad SMARTS) is 1. The second-order valence-electron chi connectivity index (χ2n) is 2.45. The van der Waals surface area contributed by atoms with Crippen LogP contribution in [0.15, 0.2) is 0 Å². The minimum absolute atomic E-state index is 0.0209. The van der Waals surface area contributed by atoms with Gasteiger partial charge in [0.15, 0.2) is 5.78 Å². The first-order valence-corrected chi connectivity index (χ1v) is 3.13. The van der Waals surface area contributed by atoms with Crippen LogP contribution in [0, 0.1) is 0 Å². The maximum atomic E-state index is 10.8. The topological polar surface area (TPSA) is 66.4 Å². The minimum atomic E-state index is -0.947. The quantitative estimate of drug-likeness (QED) is 0.514. The van der Waals surface area contributed by atoms with Gasteiger partial charge in [0.2, 0.25) is 0 Å². The first-order chi connectivity index (χ1) is 4.61. The van der Waals surface area contributed by atoms with Crippen molar-refractivity contribution in [1.82, 2.24) is 5.32 Å². The Balaban J connectivity index is 2.57. The Hall–Kier alpha value is -0.900. The third kappa shape index (κ3) is 1.16. The Morgan fingerprint density at radius 3 is 2.60 bits per heavy atom. The molecular formula is C6H9NO3. The van der Waals surface area contributed by atoms with Gasteiger partial charge in [-0.1, -0.05) is 0 Å². The molecule has 0 radical (unpaired) electrons. The van der Waals surface area contributed by atoms with Crippen molar-refractivity contribution >= 4 is 11.8 Å². The molecule has 0 aromatic carbocycles. The summed E-state index contributed by atoms with van der Waals surface area (Å²) in [6, 6.07) is -0.955. The van der Waals surface area contributed by atoms with E-state index in [9.17, 15) is 9.59 Å². The molecule has 2 N–H and O–H groups in total. The van der Waals surface area contributed by atoms with Crippen molar-refractivity contribution in [3.8, 4) is 0 Å². The van der Waals surface area contributed by atoms with E-state index in [1.165, 1.54) is 0 Å². The lowest BCUT2D eigenvalue weighted by Crippen LogP contribution is -2.34. The summed E-state index contributed by atoms with van der Waals surface area (Å²) in [6.45, 7) is 1.67. The fourth-order valence-corrected chi connectivity index (χ4v) is 0.990. The van der Waals surface area contributed by atoms with Gasteiger partial charge in [0.25, 0.3) is 0 Å². The highest BCUT2D eigenvalue weighted by molar-refractivity contribution is 5.92. The van der Waals surface area contributed by atoms with Crippen molar-refractivity contribution in [3.63, 3.8) is 0 Å². The van der Waals surface area contributed by atoms with Crippen LogP contribution >= 0.6 is 0 Å². The Morgan fingerprint density at radius 1 is 1.80 bits per heavy atom. The highest BCUT2D eigenvalue weighted by Crippen LogP contribution is 2.07. The molecule has 0 amide bonds. The molecule has 1 saturated heterocycles. The Kier molecular flexibility index (Phi) is 1.72. The van der Waals surface area contributed by atoms with E-state index in [4.69, 9.17) is 5.11 Å². The van der Waals surface area contributed by atoms with Crippen LogP contribution < -0.4 is 5.32 Å². The molecule has 0 bridgehead atoms. The summed E-state index contributed by atoms with van der Waals surface area (Å²) in [5, 5.41) is 11.1. The second-order valence-corrected chi connectivity index (χ2v) is 2.45. The predicted octanol–water partition coefficient (Wildman–Crippen LogP) is -0.610. The number of Topliss-reactive ketones (excluding diaryl/α,β-unsaturated/α-hetero) is 1. The van der Waals surface area contributed by atoms with Gasteiger partial charge in [-0.2, -0.15) is 0 Å². The van der Waals surface area contributed by atoms with Gasteiger partial charge in [-0.15, -0.1) is 0 Å². The Morgan fingerprint density at radius 2 is 2.40 bits per heavy atom. The lowest BCUT2D eigenvalue weighted by molar-refractivity contribution is -0.139. The van der Waals surface area contributed by atoms with E-state index in [2.05, 4.69) is 5.32 Å². The molecule has 0 aromatic rings. The Bertz CT molecular complexity index is 178. The zero-order valence-electron chi connectivity index (χ0n) is 5.63. The largest absolute Gasteiger partial charge is 0.480 e. The number of nitrogens with one attached hydrogen (secondary N) is 1. The second kappa shape index (κ2) is 2.38. The molecule has 0 aromatic heterocycles. The van der Waals surface area contributed by atoms with Gasteiger partial charge in [-0.05, 0) is 6.92 Å². The monoisotopic (exact) mass is 143 g/mol. The van der Waals surface area contributed by atoms with Gasteiger partial charge < -0.3 is 5.11 Å². The Labute approximate surface area is 58.2 Å². The molecule has 0 aliphatic carbocycles. The van der Waals surface area contributed by atoms with Gasteiger partial charge >= 0.3 is 5.97 Å². The van der Waals surface area contributed by atoms with Gasteiger partial charge in [0.05, 0.1) is 6.04 Å². The lowest BCUT2D eigenvalue weighted by Gasteiger charge is -2.02. The first kappa shape index (κ1) is 7.21. The summed E-state index contributed by atoms with van der Waals surface area (Å²) in [4.78, 5) is 21.0. The van der Waals surface area contributed by atoms with Crippen molar-refractivity contribution in [2.75, 3.05) is 0 Å². The molecule has 4 nitrogen and oxygen atoms in total. The van der Waals surface area contributed by atoms with E-state index in [0.717, 1.165) is 0 Å². The molecule has 2 atom stereocenters. The van der Waals surface area contributed by atoms with E-state index in [0.29, 0.717) is 0 Å². The maximum absolute atomic E-state index is 10.8. The van der Waals surface area contributed by atoms with Crippen LogP contribution in [0.4, 0.5) is 0 Å². The van der Waals surface area contributed by atoms with Crippen molar-refractivity contribution in [1.29, 1.82) is 0 Å². The molecule has 1 aliphatic heterocycles. The molecule has 1 rings (SSSR count). The highest BCUT2D eigenvalue weighted by Gasteiger charge is 2.32. The van der Waals surface area contributed by atoms with E-state index >= 15 is 0 Å². The third-order valence-electron chi connectivity index (χ3n) is 1.64. The first-order valence-electron chi connectivity index (χ1n) is 3.13. The van der Waals surface area contributed by atoms with Crippen molar-refractivity contribution in [2.45, 2.75) is 25.4 Å². The number of rotatable bonds is 1. The maximum Gasteiger partial charge on any atom is 0.321 e. The zero-order chi connectivity index (χ0) is 7.72. The zero-order valence-corrected chi connectivity index (χ0v) is 5.63. The number of hydrogen-bond acceptors (Lipinski definition) is 3. The summed E-state index contributed by atoms with van der Waals surface area (Å²) in [5.74, 6) is -0.967. The normalized spacial score (nSPS) is 32.7. The smallest absolute Gasteiger partial charge is 0.321 e. The van der Waals surface area contributed by atoms with Crippen molar-refractivity contribution in [3.05, 3.63) is 0 Å². The van der Waals surface area contributed by atoms with E-state index < -0.39 is 12.0 Å². The summed E-state index contributed by atoms with van der Waals surface area (Å²) in [7, 11) is 0. The third-order valence-corrected chi connectivity index (χ3v) is 1.64. The molecule has 1 aliphatic rings. The fourth-order valence-electron chi connectivity index (χ4n) is 0.990. The number of aliphatic carboxylic acids is 1. The van der Waals surface area contributed by atoms with Crippen LogP contribution in [0.5, 0.6) is 0 Å². The van der Waals surface area contributed by atoms with Crippen LogP contribution in [0.3, 0.4) is 0 Å². The summed E-state index contributed by atoms with van der Waals surface area (Å²) in [5.41, 5.74) is 0. The molecule has 1 fully saturated rings. The van der Waals surface area contributed by atoms with Gasteiger partial charge in [-0.25, -0.2) is 0 Å². The van der Waals surface area contributed by atoms with Gasteiger partial charge in [0, 0.05) is 6.42 Å². The van der Waals surface area contributed by atoms with Crippen LogP contribution in [0.25, 0.3) is 0 Å². The van der Waals surface area contributed by atoms with Crippen LogP contribution in [0.1, 0.15) is 13.3 Å². The SMILES string of the molecule is CC1N[C@H](C(=O)O)CC1=O. The average Bonchev–Trinajstić information content (AvgIpc) is 2.13. The van der Waals surface area contributed by atoms with Gasteiger partial charge in [0.1, 0.15) is 6.04 Å². The molecule has 0 saturated carbocycles. The van der Waals surface area contributed by atoms with Crippen LogP contribution in [-0.4, -0.2) is 28.9 Å². The number of carboxylic acids is 1. The predicted molar refractivity (Wildman–Crippen MR) is 33.6 cm³/mol. The molecule has 1 heterocycles. The fraction of sp³-hybridized carbons (Fsp3) is 0.667. The summed E-state index contributed by atoms with van der Waals surface area (Å²) in [6.07, 6.45) is 0.122. The lowest BCUT2D eigenvalue weighted by atomic mass is 10.2. The average molecular weight is 143 g/mol. The van der Waals surface area contributed by atoms with E-state index in [1.54, 1.807) is 6.92 Å². The number of carbonyl (C=O) groups excluding carboxylic acids is 1. The van der Waals surface area contributed by atoms with E-state index in [1.807, 2.05) is 0 Å². The molecule has 4 heteroatoms. The number of hydrogen-bond donors (Lipinski definition) is 2. The van der Waals surface area contributed by atoms with Crippen molar-refractivity contribution in [2.24, 2.45) is 0 Å². The minimum Gasteiger partial charge on any atom is -0.480 e.